The van der Waals surface area contributed by atoms with Crippen molar-refractivity contribution in [3.05, 3.63) is 40.2 Å². The average Bonchev–Trinajstić information content (AvgIpc) is 3.01. The highest BCUT2D eigenvalue weighted by Gasteiger charge is 2.26. The van der Waals surface area contributed by atoms with Crippen LogP contribution in [0.2, 0.25) is 5.02 Å². The van der Waals surface area contributed by atoms with Crippen LogP contribution in [0, 0.1) is 5.95 Å². The van der Waals surface area contributed by atoms with Crippen molar-refractivity contribution in [2.24, 2.45) is 0 Å². The molecular weight excluding hydrogens is 365 g/mol. The van der Waals surface area contributed by atoms with Crippen LogP contribution >= 0.6 is 11.6 Å². The van der Waals surface area contributed by atoms with Gasteiger partial charge >= 0.3 is 12.0 Å². The highest BCUT2D eigenvalue weighted by molar-refractivity contribution is 6.30. The summed E-state index contributed by atoms with van der Waals surface area (Å²) in [6.07, 6.45) is 3.85. The molecular formula is C16H17ClFN5O3. The molecule has 26 heavy (non-hydrogen) atoms. The molecule has 3 rings (SSSR count). The fourth-order valence-electron chi connectivity index (χ4n) is 2.84. The van der Waals surface area contributed by atoms with Crippen molar-refractivity contribution in [1.82, 2.24) is 20.1 Å². The number of hydrogen-bond acceptors (Lipinski definition) is 5. The minimum absolute atomic E-state index is 0.0403. The van der Waals surface area contributed by atoms with Gasteiger partial charge in [0, 0.05) is 6.54 Å². The van der Waals surface area contributed by atoms with Gasteiger partial charge in [0.05, 0.1) is 41.9 Å². The average molecular weight is 382 g/mol. The van der Waals surface area contributed by atoms with E-state index in [0.717, 1.165) is 37.7 Å². The van der Waals surface area contributed by atoms with Gasteiger partial charge in [0.2, 0.25) is 5.95 Å². The molecule has 138 valence electrons. The summed E-state index contributed by atoms with van der Waals surface area (Å²) in [5.74, 6) is -1.29. The number of aryl methyl sites for hydroxylation is 1. The predicted molar refractivity (Wildman–Crippen MR) is 91.6 cm³/mol. The van der Waals surface area contributed by atoms with Gasteiger partial charge in [0.25, 0.3) is 0 Å². The number of anilines is 1. The number of rotatable bonds is 4. The number of hydrogen-bond donors (Lipinski definition) is 2. The quantitative estimate of drug-likeness (QED) is 0.626. The molecule has 2 N–H and O–H groups in total. The van der Waals surface area contributed by atoms with Crippen molar-refractivity contribution in [1.29, 1.82) is 0 Å². The molecule has 0 aliphatic carbocycles. The zero-order valence-corrected chi connectivity index (χ0v) is 14.8. The fraction of sp³-hybridized carbons (Fsp3) is 0.375. The molecule has 0 fully saturated rings. The Hall–Kier alpha value is -2.68. The van der Waals surface area contributed by atoms with Crippen molar-refractivity contribution in [3.8, 4) is 0 Å². The number of urea groups is 1. The number of carbonyl (C=O) groups excluding carboxylic acids is 2. The molecule has 0 saturated heterocycles. The second-order valence-corrected chi connectivity index (χ2v) is 6.15. The second kappa shape index (κ2) is 7.69. The third-order valence-electron chi connectivity index (χ3n) is 4.02. The number of aromatic nitrogens is 3. The van der Waals surface area contributed by atoms with Gasteiger partial charge in [0.15, 0.2) is 0 Å². The number of nitrogens with one attached hydrogen (secondary N) is 2. The van der Waals surface area contributed by atoms with Crippen LogP contribution < -0.4 is 10.6 Å². The summed E-state index contributed by atoms with van der Waals surface area (Å²) in [5.41, 5.74) is 1.92. The molecule has 10 heteroatoms. The lowest BCUT2D eigenvalue weighted by atomic mass is 10.0. The monoisotopic (exact) mass is 381 g/mol. The highest BCUT2D eigenvalue weighted by atomic mass is 35.5. The minimum atomic E-state index is -0.816. The van der Waals surface area contributed by atoms with E-state index in [4.69, 9.17) is 16.3 Å². The molecule has 2 amide bonds. The summed E-state index contributed by atoms with van der Waals surface area (Å²) >= 11 is 5.63. The van der Waals surface area contributed by atoms with Crippen LogP contribution in [0.1, 0.15) is 34.6 Å². The summed E-state index contributed by atoms with van der Waals surface area (Å²) in [6, 6.07) is 0.690. The Bertz CT molecular complexity index is 855. The Morgan fingerprint density at radius 3 is 2.96 bits per heavy atom. The summed E-state index contributed by atoms with van der Waals surface area (Å²) in [5, 5.41) is 9.32. The first-order chi connectivity index (χ1) is 12.5. The molecule has 8 nitrogen and oxygen atoms in total. The van der Waals surface area contributed by atoms with Gasteiger partial charge in [-0.1, -0.05) is 11.6 Å². The zero-order valence-electron chi connectivity index (χ0n) is 14.0. The van der Waals surface area contributed by atoms with Crippen LogP contribution in [0.15, 0.2) is 12.3 Å². The number of nitrogens with zero attached hydrogens (tertiary/aromatic N) is 3. The largest absolute Gasteiger partial charge is 0.465 e. The Kier molecular flexibility index (Phi) is 5.36. The molecule has 0 spiro atoms. The Morgan fingerprint density at radius 2 is 2.23 bits per heavy atom. The molecule has 0 aromatic carbocycles. The van der Waals surface area contributed by atoms with E-state index in [-0.39, 0.29) is 17.3 Å². The Balaban J connectivity index is 1.70. The van der Waals surface area contributed by atoms with Crippen LogP contribution in [0.25, 0.3) is 0 Å². The molecule has 3 heterocycles. The summed E-state index contributed by atoms with van der Waals surface area (Å²) in [7, 11) is 1.31. The van der Waals surface area contributed by atoms with E-state index in [0.29, 0.717) is 11.3 Å². The molecule has 0 unspecified atom stereocenters. The summed E-state index contributed by atoms with van der Waals surface area (Å²) in [4.78, 5) is 27.6. The standard InChI is InChI=1S/C16H17ClFN5O3/c1-26-15(24)13-11(22-23-5-3-2-4-12(13)23)8-20-16(25)21-9-6-10(17)14(18)19-7-9/h6-7H,2-5,8H2,1H3,(H2,20,21,25). The van der Waals surface area contributed by atoms with Crippen LogP contribution in [0.4, 0.5) is 14.9 Å². The number of amides is 2. The van der Waals surface area contributed by atoms with Crippen LogP contribution in [-0.2, 0) is 24.2 Å². The highest BCUT2D eigenvalue weighted by Crippen LogP contribution is 2.22. The lowest BCUT2D eigenvalue weighted by Crippen LogP contribution is -2.29. The van der Waals surface area contributed by atoms with E-state index in [1.807, 2.05) is 0 Å². The maximum atomic E-state index is 13.0. The maximum absolute atomic E-state index is 13.0. The number of carbonyl (C=O) groups is 2. The summed E-state index contributed by atoms with van der Waals surface area (Å²) in [6.45, 7) is 0.768. The first kappa shape index (κ1) is 18.1. The predicted octanol–water partition coefficient (Wildman–Crippen LogP) is 2.52. The fourth-order valence-corrected chi connectivity index (χ4v) is 3.00. The van der Waals surface area contributed by atoms with Gasteiger partial charge in [-0.3, -0.25) is 4.68 Å². The lowest BCUT2D eigenvalue weighted by Gasteiger charge is -2.13. The smallest absolute Gasteiger partial charge is 0.341 e. The lowest BCUT2D eigenvalue weighted by molar-refractivity contribution is 0.0597. The molecule has 0 bridgehead atoms. The number of methoxy groups -OCH3 is 1. The van der Waals surface area contributed by atoms with Crippen LogP contribution in [-0.4, -0.2) is 33.9 Å². The van der Waals surface area contributed by atoms with Gasteiger partial charge in [-0.15, -0.1) is 0 Å². The van der Waals surface area contributed by atoms with E-state index < -0.39 is 17.9 Å². The Labute approximate surface area is 153 Å². The SMILES string of the molecule is COC(=O)c1c(CNC(=O)Nc2cnc(F)c(Cl)c2)nn2c1CCCC2. The van der Waals surface area contributed by atoms with Gasteiger partial charge in [-0.2, -0.15) is 9.49 Å². The molecule has 0 saturated carbocycles. The number of halogens is 2. The normalized spacial score (nSPS) is 13.0. The van der Waals surface area contributed by atoms with Gasteiger partial charge in [-0.25, -0.2) is 14.6 Å². The van der Waals surface area contributed by atoms with Gasteiger partial charge < -0.3 is 15.4 Å². The van der Waals surface area contributed by atoms with Gasteiger partial charge in [-0.05, 0) is 25.3 Å². The first-order valence-corrected chi connectivity index (χ1v) is 8.40. The molecule has 2 aromatic heterocycles. The van der Waals surface area contributed by atoms with E-state index in [2.05, 4.69) is 20.7 Å². The Morgan fingerprint density at radius 1 is 1.42 bits per heavy atom. The van der Waals surface area contributed by atoms with Crippen molar-refractivity contribution >= 4 is 29.3 Å². The molecule has 2 aromatic rings. The second-order valence-electron chi connectivity index (χ2n) is 5.74. The topological polar surface area (TPSA) is 98.1 Å². The van der Waals surface area contributed by atoms with E-state index in [9.17, 15) is 14.0 Å². The van der Waals surface area contributed by atoms with Crippen LogP contribution in [0.5, 0.6) is 0 Å². The molecule has 0 radical (unpaired) electrons. The number of esters is 1. The molecule has 1 aliphatic rings. The zero-order chi connectivity index (χ0) is 18.7. The van der Waals surface area contributed by atoms with Crippen molar-refractivity contribution in [2.45, 2.75) is 32.4 Å². The van der Waals surface area contributed by atoms with Crippen LogP contribution in [0.3, 0.4) is 0 Å². The van der Waals surface area contributed by atoms with E-state index >= 15 is 0 Å². The molecule has 0 atom stereocenters. The van der Waals surface area contributed by atoms with E-state index in [1.54, 1.807) is 4.68 Å². The molecule has 1 aliphatic heterocycles. The maximum Gasteiger partial charge on any atom is 0.341 e. The third kappa shape index (κ3) is 3.77. The van der Waals surface area contributed by atoms with Crippen molar-refractivity contribution in [2.75, 3.05) is 12.4 Å². The first-order valence-electron chi connectivity index (χ1n) is 8.02. The third-order valence-corrected chi connectivity index (χ3v) is 4.29. The van der Waals surface area contributed by atoms with Crippen molar-refractivity contribution < 1.29 is 18.7 Å². The minimum Gasteiger partial charge on any atom is -0.465 e. The number of fused-ring (bicyclic) bond motifs is 1. The number of pyridine rings is 1. The van der Waals surface area contributed by atoms with E-state index in [1.165, 1.54) is 13.2 Å². The summed E-state index contributed by atoms with van der Waals surface area (Å²) < 4.78 is 19.7. The van der Waals surface area contributed by atoms with Crippen molar-refractivity contribution in [3.63, 3.8) is 0 Å². The van der Waals surface area contributed by atoms with Gasteiger partial charge in [0.1, 0.15) is 5.56 Å². The number of ether oxygens (including phenoxy) is 1.